The van der Waals surface area contributed by atoms with Crippen LogP contribution in [0.3, 0.4) is 0 Å². The first-order valence-corrected chi connectivity index (χ1v) is 6.94. The Morgan fingerprint density at radius 2 is 2.15 bits per heavy atom. The fourth-order valence-electron chi connectivity index (χ4n) is 2.29. The molecule has 0 saturated heterocycles. The molecule has 1 aromatic carbocycles. The Balaban J connectivity index is 0.00000147. The van der Waals surface area contributed by atoms with Crippen molar-refractivity contribution in [1.29, 1.82) is 0 Å². The van der Waals surface area contributed by atoms with Crippen LogP contribution in [0.1, 0.15) is 24.8 Å². The van der Waals surface area contributed by atoms with Gasteiger partial charge in [-0.1, -0.05) is 18.2 Å². The minimum absolute atomic E-state index is 0. The summed E-state index contributed by atoms with van der Waals surface area (Å²) >= 11 is 0. The van der Waals surface area contributed by atoms with Crippen molar-refractivity contribution in [2.24, 2.45) is 10.7 Å². The molecule has 1 aromatic heterocycles. The number of aromatic amines is 1. The summed E-state index contributed by atoms with van der Waals surface area (Å²) < 4.78 is 0. The number of para-hydroxylation sites is 1. The zero-order chi connectivity index (χ0) is 13.1. The van der Waals surface area contributed by atoms with E-state index in [1.54, 1.807) is 0 Å². The lowest BCUT2D eigenvalue weighted by Crippen LogP contribution is -2.33. The highest BCUT2D eigenvalue weighted by atomic mass is 127. The summed E-state index contributed by atoms with van der Waals surface area (Å²) in [5.41, 5.74) is 8.36. The van der Waals surface area contributed by atoms with Gasteiger partial charge < -0.3 is 16.0 Å². The number of H-pyrrole nitrogens is 1. The number of nitrogens with two attached hydrogens (primary N) is 1. The molecule has 108 valence electrons. The SMILES string of the molecule is I.NC(=NCCCc1c[nH]c2ccccc12)NC1CC1. The number of halogens is 1. The van der Waals surface area contributed by atoms with Gasteiger partial charge in [-0.25, -0.2) is 0 Å². The number of rotatable bonds is 5. The van der Waals surface area contributed by atoms with Gasteiger partial charge in [-0.15, -0.1) is 24.0 Å². The summed E-state index contributed by atoms with van der Waals surface area (Å²) in [5.74, 6) is 0.599. The summed E-state index contributed by atoms with van der Waals surface area (Å²) in [5, 5.41) is 4.51. The normalized spacial score (nSPS) is 15.1. The molecule has 4 nitrogen and oxygen atoms in total. The van der Waals surface area contributed by atoms with Crippen molar-refractivity contribution in [2.45, 2.75) is 31.7 Å². The highest BCUT2D eigenvalue weighted by Gasteiger charge is 2.21. The van der Waals surface area contributed by atoms with Crippen LogP contribution in [0.4, 0.5) is 0 Å². The van der Waals surface area contributed by atoms with Crippen molar-refractivity contribution in [3.05, 3.63) is 36.0 Å². The van der Waals surface area contributed by atoms with E-state index in [9.17, 15) is 0 Å². The summed E-state index contributed by atoms with van der Waals surface area (Å²) in [7, 11) is 0. The van der Waals surface area contributed by atoms with Crippen LogP contribution in [-0.4, -0.2) is 23.5 Å². The lowest BCUT2D eigenvalue weighted by molar-refractivity contribution is 0.816. The third-order valence-electron chi connectivity index (χ3n) is 3.49. The van der Waals surface area contributed by atoms with Gasteiger partial charge in [0.2, 0.25) is 0 Å². The number of benzene rings is 1. The van der Waals surface area contributed by atoms with E-state index in [0.717, 1.165) is 19.4 Å². The van der Waals surface area contributed by atoms with Crippen molar-refractivity contribution < 1.29 is 0 Å². The van der Waals surface area contributed by atoms with Crippen LogP contribution in [0.15, 0.2) is 35.5 Å². The van der Waals surface area contributed by atoms with E-state index in [1.165, 1.54) is 29.3 Å². The van der Waals surface area contributed by atoms with Crippen molar-refractivity contribution in [2.75, 3.05) is 6.54 Å². The van der Waals surface area contributed by atoms with E-state index in [4.69, 9.17) is 5.73 Å². The number of aliphatic imine (C=N–C) groups is 1. The van der Waals surface area contributed by atoms with E-state index in [1.807, 2.05) is 0 Å². The highest BCUT2D eigenvalue weighted by molar-refractivity contribution is 14.0. The third-order valence-corrected chi connectivity index (χ3v) is 3.49. The lowest BCUT2D eigenvalue weighted by Gasteiger charge is -2.02. The number of aryl methyl sites for hydroxylation is 1. The number of hydrogen-bond donors (Lipinski definition) is 3. The first-order valence-electron chi connectivity index (χ1n) is 6.94. The quantitative estimate of drug-likeness (QED) is 0.321. The second kappa shape index (κ2) is 6.97. The van der Waals surface area contributed by atoms with Crippen molar-refractivity contribution in [3.8, 4) is 0 Å². The molecule has 0 spiro atoms. The molecule has 3 rings (SSSR count). The van der Waals surface area contributed by atoms with Crippen LogP contribution in [-0.2, 0) is 6.42 Å². The Labute approximate surface area is 136 Å². The molecule has 1 aliphatic rings. The first-order chi connectivity index (χ1) is 9.33. The molecule has 5 heteroatoms. The summed E-state index contributed by atoms with van der Waals surface area (Å²) in [6.45, 7) is 0.783. The second-order valence-corrected chi connectivity index (χ2v) is 5.15. The smallest absolute Gasteiger partial charge is 0.188 e. The molecule has 0 unspecified atom stereocenters. The van der Waals surface area contributed by atoms with Crippen molar-refractivity contribution >= 4 is 40.8 Å². The lowest BCUT2D eigenvalue weighted by atomic mass is 10.1. The Hall–Kier alpha value is -1.24. The van der Waals surface area contributed by atoms with Gasteiger partial charge >= 0.3 is 0 Å². The first kappa shape index (κ1) is 15.2. The Bertz CT molecular complexity index is 586. The van der Waals surface area contributed by atoms with E-state index in [0.29, 0.717) is 12.0 Å². The molecule has 0 radical (unpaired) electrons. The molecule has 0 aliphatic heterocycles. The topological polar surface area (TPSA) is 66.2 Å². The standard InChI is InChI=1S/C15H20N4.HI/c16-15(19-12-7-8-12)17-9-3-4-11-10-18-14-6-2-1-5-13(11)14;/h1-2,5-6,10,12,18H,3-4,7-9H2,(H3,16,17,19);1H. The van der Waals surface area contributed by atoms with Crippen LogP contribution in [0.2, 0.25) is 0 Å². The van der Waals surface area contributed by atoms with E-state index in [-0.39, 0.29) is 24.0 Å². The molecule has 4 N–H and O–H groups in total. The van der Waals surface area contributed by atoms with E-state index >= 15 is 0 Å². The molecule has 2 aromatic rings. The average molecular weight is 384 g/mol. The fourth-order valence-corrected chi connectivity index (χ4v) is 2.29. The Morgan fingerprint density at radius 1 is 1.35 bits per heavy atom. The maximum Gasteiger partial charge on any atom is 0.188 e. The molecule has 1 fully saturated rings. The van der Waals surface area contributed by atoms with E-state index in [2.05, 4.69) is 45.8 Å². The molecule has 1 aliphatic carbocycles. The molecule has 0 bridgehead atoms. The molecule has 0 amide bonds. The molecule has 0 atom stereocenters. The van der Waals surface area contributed by atoms with Gasteiger partial charge in [0.05, 0.1) is 0 Å². The van der Waals surface area contributed by atoms with Gasteiger partial charge in [-0.2, -0.15) is 0 Å². The van der Waals surface area contributed by atoms with Gasteiger partial charge in [-0.05, 0) is 37.3 Å². The van der Waals surface area contributed by atoms with Crippen molar-refractivity contribution in [3.63, 3.8) is 0 Å². The summed E-state index contributed by atoms with van der Waals surface area (Å²) in [6, 6.07) is 8.98. The second-order valence-electron chi connectivity index (χ2n) is 5.15. The molecular formula is C15H21IN4. The maximum atomic E-state index is 5.80. The van der Waals surface area contributed by atoms with Gasteiger partial charge in [0, 0.05) is 29.7 Å². The predicted molar refractivity (Wildman–Crippen MR) is 94.7 cm³/mol. The largest absolute Gasteiger partial charge is 0.370 e. The zero-order valence-electron chi connectivity index (χ0n) is 11.4. The number of nitrogens with one attached hydrogen (secondary N) is 2. The van der Waals surface area contributed by atoms with Crippen molar-refractivity contribution in [1.82, 2.24) is 10.3 Å². The zero-order valence-corrected chi connectivity index (χ0v) is 13.8. The number of aromatic nitrogens is 1. The number of fused-ring (bicyclic) bond motifs is 1. The van der Waals surface area contributed by atoms with E-state index < -0.39 is 0 Å². The molecule has 1 saturated carbocycles. The number of guanidine groups is 1. The van der Waals surface area contributed by atoms with Crippen LogP contribution in [0.5, 0.6) is 0 Å². The van der Waals surface area contributed by atoms with Crippen LogP contribution in [0, 0.1) is 0 Å². The number of hydrogen-bond acceptors (Lipinski definition) is 1. The molecule has 20 heavy (non-hydrogen) atoms. The Kier molecular flexibility index (Phi) is 5.28. The van der Waals surface area contributed by atoms with Crippen LogP contribution < -0.4 is 11.1 Å². The third kappa shape index (κ3) is 3.88. The number of nitrogens with zero attached hydrogens (tertiary/aromatic N) is 1. The van der Waals surface area contributed by atoms with Gasteiger partial charge in [-0.3, -0.25) is 4.99 Å². The minimum Gasteiger partial charge on any atom is -0.370 e. The predicted octanol–water partition coefficient (Wildman–Crippen LogP) is 2.79. The maximum absolute atomic E-state index is 5.80. The van der Waals surface area contributed by atoms with Crippen LogP contribution >= 0.6 is 24.0 Å². The minimum atomic E-state index is 0. The van der Waals surface area contributed by atoms with Gasteiger partial charge in [0.25, 0.3) is 0 Å². The summed E-state index contributed by atoms with van der Waals surface area (Å²) in [4.78, 5) is 7.66. The Morgan fingerprint density at radius 3 is 2.95 bits per heavy atom. The van der Waals surface area contributed by atoms with Gasteiger partial charge in [0.1, 0.15) is 0 Å². The summed E-state index contributed by atoms with van der Waals surface area (Å²) in [6.07, 6.45) is 6.61. The molecular weight excluding hydrogens is 363 g/mol. The highest BCUT2D eigenvalue weighted by Crippen LogP contribution is 2.19. The molecule has 1 heterocycles. The fraction of sp³-hybridized carbons (Fsp3) is 0.400. The monoisotopic (exact) mass is 384 g/mol. The van der Waals surface area contributed by atoms with Gasteiger partial charge in [0.15, 0.2) is 5.96 Å². The van der Waals surface area contributed by atoms with Crippen LogP contribution in [0.25, 0.3) is 10.9 Å². The average Bonchev–Trinajstić information content (AvgIpc) is 3.14.